The second-order valence-corrected chi connectivity index (χ2v) is 20.6. The van der Waals surface area contributed by atoms with Crippen LogP contribution >= 0.6 is 0 Å². The number of hydrogen-bond acceptors (Lipinski definition) is 8. The number of benzene rings is 2. The summed E-state index contributed by atoms with van der Waals surface area (Å²) < 4.78 is 10.2. The van der Waals surface area contributed by atoms with Crippen molar-refractivity contribution in [3.63, 3.8) is 0 Å². The molecule has 0 fully saturated rings. The molecule has 424 valence electrons. The van der Waals surface area contributed by atoms with Crippen molar-refractivity contribution in [2.45, 2.75) is 304 Å². The molecular formula is C64H108O10. The van der Waals surface area contributed by atoms with Gasteiger partial charge < -0.3 is 24.8 Å². The summed E-state index contributed by atoms with van der Waals surface area (Å²) in [6.45, 7) is 6.58. The average molecular weight is 1040 g/mol. The van der Waals surface area contributed by atoms with Gasteiger partial charge in [-0.15, -0.1) is 0 Å². The van der Waals surface area contributed by atoms with Gasteiger partial charge >= 0.3 is 29.8 Å². The number of aliphatic hydroxyl groups excluding tert-OH is 1. The Labute approximate surface area is 451 Å². The van der Waals surface area contributed by atoms with E-state index in [1.165, 1.54) is 224 Å². The van der Waals surface area contributed by atoms with E-state index in [-0.39, 0.29) is 42.2 Å². The Hall–Kier alpha value is -4.05. The molecule has 0 heterocycles. The second-order valence-electron chi connectivity index (χ2n) is 20.6. The molecule has 0 saturated carbocycles. The lowest BCUT2D eigenvalue weighted by Crippen LogP contribution is -2.11. The first kappa shape index (κ1) is 70.0. The molecule has 2 rings (SSSR count). The Morgan fingerprint density at radius 1 is 0.338 bits per heavy atom. The number of hydrogen-bond donors (Lipinski definition) is 3. The van der Waals surface area contributed by atoms with Crippen LogP contribution in [0.3, 0.4) is 0 Å². The highest BCUT2D eigenvalue weighted by Crippen LogP contribution is 2.17. The van der Waals surface area contributed by atoms with E-state index < -0.39 is 11.9 Å². The summed E-state index contributed by atoms with van der Waals surface area (Å²) in [5, 5.41) is 26.4. The molecule has 2 aromatic carbocycles. The van der Waals surface area contributed by atoms with Crippen molar-refractivity contribution in [2.75, 3.05) is 0 Å². The molecule has 0 aliphatic heterocycles. The van der Waals surface area contributed by atoms with Crippen molar-refractivity contribution in [1.82, 2.24) is 0 Å². The van der Waals surface area contributed by atoms with E-state index >= 15 is 0 Å². The summed E-state index contributed by atoms with van der Waals surface area (Å²) in [6, 6.07) is 13.0. The minimum atomic E-state index is -1.00. The lowest BCUT2D eigenvalue weighted by atomic mass is 10.0. The predicted octanol–water partition coefficient (Wildman–Crippen LogP) is 18.8. The van der Waals surface area contributed by atoms with E-state index in [1.807, 2.05) is 0 Å². The lowest BCUT2D eigenvalue weighted by molar-refractivity contribution is -0.159. The van der Waals surface area contributed by atoms with Crippen LogP contribution in [0.4, 0.5) is 0 Å². The number of unbranched alkanes of at least 4 members (excludes halogenated alkanes) is 36. The fraction of sp³-hybridized carbons (Fsp3) is 0.734. The second kappa shape index (κ2) is 53.8. The van der Waals surface area contributed by atoms with Crippen LogP contribution in [-0.4, -0.2) is 45.2 Å². The number of carbonyl (C=O) groups excluding carboxylic acids is 3. The molecule has 0 saturated heterocycles. The van der Waals surface area contributed by atoms with Crippen LogP contribution in [0.15, 0.2) is 48.5 Å². The summed E-state index contributed by atoms with van der Waals surface area (Å²) in [5.74, 6) is -2.90. The van der Waals surface area contributed by atoms with E-state index in [9.17, 15) is 24.0 Å². The molecule has 10 nitrogen and oxygen atoms in total. The van der Waals surface area contributed by atoms with Gasteiger partial charge in [-0.2, -0.15) is 0 Å². The van der Waals surface area contributed by atoms with Crippen LogP contribution in [0, 0.1) is 0 Å². The molecule has 0 radical (unpaired) electrons. The highest BCUT2D eigenvalue weighted by Gasteiger charge is 2.12. The molecule has 74 heavy (non-hydrogen) atoms. The number of carboxylic acids is 2. The molecule has 0 aliphatic rings. The molecule has 0 aromatic heterocycles. The minimum Gasteiger partial charge on any atom is -0.478 e. The van der Waals surface area contributed by atoms with Crippen molar-refractivity contribution < 1.29 is 48.8 Å². The van der Waals surface area contributed by atoms with E-state index in [0.717, 1.165) is 38.5 Å². The molecule has 0 spiro atoms. The maximum atomic E-state index is 11.8. The molecule has 2 aromatic rings. The maximum Gasteiger partial charge on any atom is 0.336 e. The predicted molar refractivity (Wildman–Crippen MR) is 305 cm³/mol. The van der Waals surface area contributed by atoms with Crippen molar-refractivity contribution in [3.8, 4) is 0 Å². The molecule has 3 N–H and O–H groups in total. The monoisotopic (exact) mass is 1040 g/mol. The van der Waals surface area contributed by atoms with Crippen LogP contribution < -0.4 is 0 Å². The van der Waals surface area contributed by atoms with E-state index in [1.54, 1.807) is 36.4 Å². The highest BCUT2D eigenvalue weighted by atomic mass is 16.6. The molecular weight excluding hydrogens is 929 g/mol. The number of esters is 3. The summed E-state index contributed by atoms with van der Waals surface area (Å²) in [5.41, 5.74) is 1.33. The Morgan fingerprint density at radius 3 is 0.851 bits per heavy atom. The quantitative estimate of drug-likeness (QED) is 0.0330. The van der Waals surface area contributed by atoms with Gasteiger partial charge in [0.1, 0.15) is 6.61 Å². The Kier molecular flexibility index (Phi) is 50.8. The number of aliphatic hydroxyl groups is 1. The van der Waals surface area contributed by atoms with Crippen molar-refractivity contribution >= 4 is 29.8 Å². The van der Waals surface area contributed by atoms with Gasteiger partial charge in [0.05, 0.1) is 17.7 Å². The van der Waals surface area contributed by atoms with Crippen molar-refractivity contribution in [3.05, 3.63) is 70.8 Å². The van der Waals surface area contributed by atoms with Crippen LogP contribution in [0.5, 0.6) is 0 Å². The van der Waals surface area contributed by atoms with Gasteiger partial charge in [-0.05, 0) is 37.0 Å². The summed E-state index contributed by atoms with van der Waals surface area (Å²) >= 11 is 0. The van der Waals surface area contributed by atoms with Crippen LogP contribution in [0.25, 0.3) is 0 Å². The number of aromatic carboxylic acids is 2. The fourth-order valence-corrected chi connectivity index (χ4v) is 9.04. The minimum absolute atomic E-state index is 0.0275. The highest BCUT2D eigenvalue weighted by molar-refractivity contribution is 5.90. The molecule has 0 amide bonds. The third kappa shape index (κ3) is 45.4. The number of carboxylic acid groups (broad SMARTS) is 2. The van der Waals surface area contributed by atoms with Gasteiger partial charge in [0.15, 0.2) is 0 Å². The molecule has 10 heteroatoms. The van der Waals surface area contributed by atoms with Crippen LogP contribution in [0.1, 0.15) is 322 Å². The third-order valence-electron chi connectivity index (χ3n) is 13.7. The fourth-order valence-electron chi connectivity index (χ4n) is 9.04. The normalized spacial score (nSPS) is 10.8. The molecule has 0 unspecified atom stereocenters. The van der Waals surface area contributed by atoms with Gasteiger partial charge in [0.25, 0.3) is 0 Å². The average Bonchev–Trinajstić information content (AvgIpc) is 3.40. The Bertz CT molecular complexity index is 1600. The number of carbonyl (C=O) groups is 5. The smallest absolute Gasteiger partial charge is 0.336 e. The first-order chi connectivity index (χ1) is 36.1. The molecule has 0 bridgehead atoms. The Balaban J connectivity index is 0.00000121. The molecule has 0 atom stereocenters. The van der Waals surface area contributed by atoms with Crippen LogP contribution in [0.2, 0.25) is 0 Å². The first-order valence-corrected chi connectivity index (χ1v) is 30.2. The van der Waals surface area contributed by atoms with E-state index in [2.05, 4.69) is 20.8 Å². The zero-order chi connectivity index (χ0) is 54.4. The summed E-state index contributed by atoms with van der Waals surface area (Å²) in [7, 11) is 0. The number of rotatable bonds is 47. The van der Waals surface area contributed by atoms with Gasteiger partial charge in [-0.25, -0.2) is 9.59 Å². The van der Waals surface area contributed by atoms with E-state index in [4.69, 9.17) is 24.8 Å². The SMILES string of the molecule is CCCCCCCCCCCCCCCC(=O)OC(=O)CCCCCCCCCCCCCCC.CCCCCCCCCCCCCCCC(=O)OCc1ccccc1C(=O)O.O=C(O)c1ccccc1CO. The van der Waals surface area contributed by atoms with E-state index in [0.29, 0.717) is 30.4 Å². The Morgan fingerprint density at radius 2 is 0.581 bits per heavy atom. The summed E-state index contributed by atoms with van der Waals surface area (Å²) in [4.78, 5) is 57.1. The first-order valence-electron chi connectivity index (χ1n) is 30.2. The van der Waals surface area contributed by atoms with Gasteiger partial charge in [-0.3, -0.25) is 14.4 Å². The standard InChI is InChI=1S/C32H62O3.C24H38O4.C8H8O3/c1-3-5-7-9-11-13-15-17-19-21-23-25-27-29-31(33)35-32(34)30-28-26-24-22-20-18-16-14-12-10-8-6-4-2;1-2-3-4-5-6-7-8-9-10-11-12-13-14-19-23(25)28-20-21-17-15-16-18-22(21)24(26)27;9-5-6-3-1-2-4-7(6)8(10)11/h3-30H2,1-2H3;15-18H,2-14,19-20H2,1H3,(H,26,27);1-4,9H,5H2,(H,10,11). The van der Waals surface area contributed by atoms with Gasteiger partial charge in [0.2, 0.25) is 0 Å². The van der Waals surface area contributed by atoms with Gasteiger partial charge in [-0.1, -0.05) is 288 Å². The maximum absolute atomic E-state index is 11.8. The number of ether oxygens (including phenoxy) is 2. The third-order valence-corrected chi connectivity index (χ3v) is 13.7. The van der Waals surface area contributed by atoms with Crippen LogP contribution in [-0.2, 0) is 37.1 Å². The topological polar surface area (TPSA) is 164 Å². The van der Waals surface area contributed by atoms with Crippen molar-refractivity contribution in [2.24, 2.45) is 0 Å². The molecule has 0 aliphatic carbocycles. The largest absolute Gasteiger partial charge is 0.478 e. The summed E-state index contributed by atoms with van der Waals surface area (Å²) in [6.07, 6.45) is 51.2. The zero-order valence-corrected chi connectivity index (χ0v) is 47.4. The van der Waals surface area contributed by atoms with Crippen molar-refractivity contribution in [1.29, 1.82) is 0 Å². The lowest BCUT2D eigenvalue weighted by Gasteiger charge is -2.07. The van der Waals surface area contributed by atoms with Gasteiger partial charge in [0, 0.05) is 24.8 Å². The zero-order valence-electron chi connectivity index (χ0n) is 47.4.